The topological polar surface area (TPSA) is 65.1 Å². The van der Waals surface area contributed by atoms with E-state index in [1.165, 1.54) is 0 Å². The van der Waals surface area contributed by atoms with Gasteiger partial charge in [-0.1, -0.05) is 0 Å². The lowest BCUT2D eigenvalue weighted by molar-refractivity contribution is 0.364. The molecule has 0 aliphatic carbocycles. The summed E-state index contributed by atoms with van der Waals surface area (Å²) in [6.45, 7) is 1.14. The maximum absolute atomic E-state index is 13.6. The maximum atomic E-state index is 13.6. The number of alkyl halides is 1. The van der Waals surface area contributed by atoms with Crippen LogP contribution in [0.3, 0.4) is 0 Å². The van der Waals surface area contributed by atoms with Crippen LogP contribution in [0.25, 0.3) is 10.8 Å². The maximum Gasteiger partial charge on any atom is 0.139 e. The first-order chi connectivity index (χ1) is 12.8. The molecule has 1 saturated heterocycles. The summed E-state index contributed by atoms with van der Waals surface area (Å²) < 4.78 is 13.6. The van der Waals surface area contributed by atoms with Crippen LogP contribution in [0.5, 0.6) is 0 Å². The number of hydrogen-bond donors (Lipinski definition) is 3. The van der Waals surface area contributed by atoms with E-state index in [1.54, 1.807) is 12.4 Å². The molecule has 1 unspecified atom stereocenters. The Labute approximate surface area is 150 Å². The van der Waals surface area contributed by atoms with Gasteiger partial charge in [-0.3, -0.25) is 4.98 Å². The average Bonchev–Trinajstić information content (AvgIpc) is 3.28. The molecule has 0 amide bonds. The quantitative estimate of drug-likeness (QED) is 0.674. The molecule has 0 bridgehead atoms. The third-order valence-electron chi connectivity index (χ3n) is 4.95. The molecule has 4 heterocycles. The fourth-order valence-corrected chi connectivity index (χ4v) is 3.66. The number of rotatable bonds is 3. The third-order valence-corrected chi connectivity index (χ3v) is 4.95. The first kappa shape index (κ1) is 15.3. The molecular formula is C19H19FN6. The largest absolute Gasteiger partial charge is 0.363 e. The van der Waals surface area contributed by atoms with Crippen molar-refractivity contribution in [3.05, 3.63) is 54.5 Å². The molecule has 1 fully saturated rings. The molecule has 6 nitrogen and oxygen atoms in total. The summed E-state index contributed by atoms with van der Waals surface area (Å²) in [6.07, 6.45) is 3.29. The summed E-state index contributed by atoms with van der Waals surface area (Å²) in [6, 6.07) is 12.0. The van der Waals surface area contributed by atoms with Crippen LogP contribution in [0, 0.1) is 0 Å². The van der Waals surface area contributed by atoms with E-state index in [1.807, 2.05) is 35.2 Å². The Morgan fingerprint density at radius 2 is 2.12 bits per heavy atom. The van der Waals surface area contributed by atoms with Crippen molar-refractivity contribution in [2.24, 2.45) is 0 Å². The van der Waals surface area contributed by atoms with Crippen molar-refractivity contribution >= 4 is 28.0 Å². The van der Waals surface area contributed by atoms with E-state index >= 15 is 0 Å². The molecule has 0 radical (unpaired) electrons. The first-order valence-electron chi connectivity index (χ1n) is 8.79. The van der Waals surface area contributed by atoms with Crippen molar-refractivity contribution in [3.63, 3.8) is 0 Å². The van der Waals surface area contributed by atoms with Gasteiger partial charge in [-0.15, -0.1) is 0 Å². The number of nitrogens with zero attached hydrogens (tertiary/aromatic N) is 3. The molecule has 132 valence electrons. The number of nitrogens with one attached hydrogen (secondary N) is 3. The monoisotopic (exact) mass is 350 g/mol. The average molecular weight is 350 g/mol. The molecular weight excluding hydrogens is 331 g/mol. The number of anilines is 3. The van der Waals surface area contributed by atoms with Crippen LogP contribution >= 0.6 is 0 Å². The van der Waals surface area contributed by atoms with Crippen molar-refractivity contribution in [2.45, 2.75) is 18.8 Å². The van der Waals surface area contributed by atoms with Crippen molar-refractivity contribution in [1.82, 2.24) is 15.4 Å². The molecule has 0 spiro atoms. The highest BCUT2D eigenvalue weighted by atomic mass is 19.1. The number of pyridine rings is 2. The van der Waals surface area contributed by atoms with Gasteiger partial charge in [0.15, 0.2) is 0 Å². The van der Waals surface area contributed by atoms with Crippen LogP contribution in [-0.2, 0) is 0 Å². The van der Waals surface area contributed by atoms with Gasteiger partial charge in [-0.2, -0.15) is 0 Å². The van der Waals surface area contributed by atoms with E-state index in [2.05, 4.69) is 32.2 Å². The van der Waals surface area contributed by atoms with E-state index < -0.39 is 6.17 Å². The van der Waals surface area contributed by atoms with E-state index in [4.69, 9.17) is 0 Å². The van der Waals surface area contributed by atoms with Gasteiger partial charge in [0, 0.05) is 30.0 Å². The second-order valence-corrected chi connectivity index (χ2v) is 6.69. The Morgan fingerprint density at radius 3 is 3.00 bits per heavy atom. The molecule has 7 heteroatoms. The summed E-state index contributed by atoms with van der Waals surface area (Å²) in [5.41, 5.74) is 9.23. The number of hydrogen-bond acceptors (Lipinski definition) is 6. The summed E-state index contributed by atoms with van der Waals surface area (Å²) >= 11 is 0. The molecule has 2 aliphatic heterocycles. The molecule has 1 aromatic carbocycles. The highest BCUT2D eigenvalue weighted by Crippen LogP contribution is 2.32. The van der Waals surface area contributed by atoms with Gasteiger partial charge in [0.05, 0.1) is 12.2 Å². The number of benzene rings is 1. The normalized spacial score (nSPS) is 21.7. The van der Waals surface area contributed by atoms with Gasteiger partial charge in [0.25, 0.3) is 0 Å². The molecule has 2 atom stereocenters. The number of aromatic nitrogens is 2. The highest BCUT2D eigenvalue weighted by Gasteiger charge is 2.25. The fraction of sp³-hybridized carbons (Fsp3) is 0.263. The number of hydrazine groups is 1. The zero-order chi connectivity index (χ0) is 17.5. The Hall–Kier alpha value is -2.93. The van der Waals surface area contributed by atoms with E-state index in [0.29, 0.717) is 19.5 Å². The third kappa shape index (κ3) is 2.61. The summed E-state index contributed by atoms with van der Waals surface area (Å²) in [4.78, 5) is 11.0. The van der Waals surface area contributed by atoms with Gasteiger partial charge < -0.3 is 15.6 Å². The van der Waals surface area contributed by atoms with Gasteiger partial charge >= 0.3 is 0 Å². The molecule has 3 N–H and O–H groups in total. The molecule has 3 aromatic rings. The van der Waals surface area contributed by atoms with Crippen molar-refractivity contribution in [1.29, 1.82) is 0 Å². The van der Waals surface area contributed by atoms with Gasteiger partial charge in [0.1, 0.15) is 23.8 Å². The number of halogens is 1. The standard InChI is InChI=1S/C19H19FN6/c20-13-6-9-26(11-13)19-15-4-3-14(10-12(15)5-8-22-19)23-18-17-16(24-25-18)2-1-7-21-17/h1-5,7-8,10,13,18,23-25H,6,9,11H2/t13-,18?/m0/s1. The Balaban J connectivity index is 1.44. The Kier molecular flexibility index (Phi) is 3.60. The van der Waals surface area contributed by atoms with Crippen LogP contribution in [-0.4, -0.2) is 29.2 Å². The van der Waals surface area contributed by atoms with Gasteiger partial charge in [-0.25, -0.2) is 14.8 Å². The predicted molar refractivity (Wildman–Crippen MR) is 101 cm³/mol. The van der Waals surface area contributed by atoms with E-state index in [-0.39, 0.29) is 6.17 Å². The second kappa shape index (κ2) is 6.10. The molecule has 0 saturated carbocycles. The smallest absolute Gasteiger partial charge is 0.139 e. The van der Waals surface area contributed by atoms with Gasteiger partial charge in [-0.05, 0) is 48.2 Å². The van der Waals surface area contributed by atoms with Crippen LogP contribution in [0.2, 0.25) is 0 Å². The first-order valence-corrected chi connectivity index (χ1v) is 8.79. The van der Waals surface area contributed by atoms with Crippen molar-refractivity contribution in [2.75, 3.05) is 28.7 Å². The fourth-order valence-electron chi connectivity index (χ4n) is 3.66. The summed E-state index contributed by atoms with van der Waals surface area (Å²) in [7, 11) is 0. The Morgan fingerprint density at radius 1 is 1.15 bits per heavy atom. The highest BCUT2D eigenvalue weighted by molar-refractivity contribution is 5.94. The summed E-state index contributed by atoms with van der Waals surface area (Å²) in [5, 5.41) is 5.58. The van der Waals surface area contributed by atoms with Gasteiger partial charge in [0.2, 0.25) is 0 Å². The summed E-state index contributed by atoms with van der Waals surface area (Å²) in [5.74, 6) is 0.863. The molecule has 2 aliphatic rings. The molecule has 5 rings (SSSR count). The van der Waals surface area contributed by atoms with Crippen molar-refractivity contribution in [3.8, 4) is 0 Å². The van der Waals surface area contributed by atoms with Crippen LogP contribution < -0.4 is 21.1 Å². The SMILES string of the molecule is F[C@H]1CCN(c2nccc3cc(NC4NNc5cccnc54)ccc23)C1. The van der Waals surface area contributed by atoms with Crippen LogP contribution in [0.1, 0.15) is 18.3 Å². The van der Waals surface area contributed by atoms with Crippen molar-refractivity contribution < 1.29 is 4.39 Å². The zero-order valence-electron chi connectivity index (χ0n) is 14.1. The lowest BCUT2D eigenvalue weighted by atomic mass is 10.1. The zero-order valence-corrected chi connectivity index (χ0v) is 14.1. The minimum atomic E-state index is -0.762. The Bertz CT molecular complexity index is 962. The second-order valence-electron chi connectivity index (χ2n) is 6.69. The predicted octanol–water partition coefficient (Wildman–Crippen LogP) is 3.22. The minimum absolute atomic E-state index is 0.101. The number of fused-ring (bicyclic) bond motifs is 2. The minimum Gasteiger partial charge on any atom is -0.363 e. The molecule has 2 aromatic heterocycles. The van der Waals surface area contributed by atoms with Crippen LogP contribution in [0.4, 0.5) is 21.6 Å². The van der Waals surface area contributed by atoms with E-state index in [9.17, 15) is 4.39 Å². The van der Waals surface area contributed by atoms with E-state index in [0.717, 1.165) is 33.7 Å². The lowest BCUT2D eigenvalue weighted by Crippen LogP contribution is -2.25. The molecule has 26 heavy (non-hydrogen) atoms. The lowest BCUT2D eigenvalue weighted by Gasteiger charge is -2.19. The van der Waals surface area contributed by atoms with Crippen LogP contribution in [0.15, 0.2) is 48.8 Å².